The van der Waals surface area contributed by atoms with E-state index in [1.54, 1.807) is 0 Å². The van der Waals surface area contributed by atoms with E-state index in [4.69, 9.17) is 0 Å². The topological polar surface area (TPSA) is 20.2 Å². The Morgan fingerprint density at radius 2 is 1.89 bits per heavy atom. The zero-order chi connectivity index (χ0) is 14.8. The third-order valence-corrected chi connectivity index (χ3v) is 7.40. The highest BCUT2D eigenvalue weighted by Crippen LogP contribution is 2.29. The molecular formula is C14H19BrF2OSi. The van der Waals surface area contributed by atoms with Crippen LogP contribution in [0.4, 0.5) is 8.78 Å². The molecule has 0 heterocycles. The fourth-order valence-corrected chi connectivity index (χ4v) is 5.23. The minimum absolute atomic E-state index is 0.0742. The van der Waals surface area contributed by atoms with Gasteiger partial charge in [0.15, 0.2) is 0 Å². The first-order valence-corrected chi connectivity index (χ1v) is 9.34. The molecule has 1 aromatic rings. The van der Waals surface area contributed by atoms with Crippen LogP contribution in [0.5, 0.6) is 0 Å². The zero-order valence-corrected chi connectivity index (χ0v) is 14.2. The lowest BCUT2D eigenvalue weighted by atomic mass is 9.95. The Morgan fingerprint density at radius 1 is 1.37 bits per heavy atom. The van der Waals surface area contributed by atoms with Gasteiger partial charge in [0.25, 0.3) is 0 Å². The van der Waals surface area contributed by atoms with Crippen molar-refractivity contribution in [2.45, 2.75) is 38.5 Å². The van der Waals surface area contributed by atoms with E-state index < -0.39 is 26.0 Å². The summed E-state index contributed by atoms with van der Waals surface area (Å²) >= 11 is 3.11. The summed E-state index contributed by atoms with van der Waals surface area (Å²) in [6, 6.07) is 2.85. The van der Waals surface area contributed by atoms with Crippen LogP contribution in [0.3, 0.4) is 0 Å². The van der Waals surface area contributed by atoms with E-state index in [9.17, 15) is 13.9 Å². The summed E-state index contributed by atoms with van der Waals surface area (Å²) in [6.45, 7) is 8.85. The van der Waals surface area contributed by atoms with Gasteiger partial charge >= 0.3 is 0 Å². The molecule has 19 heavy (non-hydrogen) atoms. The Bertz CT molecular complexity index is 485. The van der Waals surface area contributed by atoms with Gasteiger partial charge in [-0.1, -0.05) is 38.6 Å². The number of rotatable bonds is 5. The highest BCUT2D eigenvalue weighted by Gasteiger charge is 2.30. The Balaban J connectivity index is 3.60. The number of hydrogen-bond acceptors (Lipinski definition) is 1. The molecule has 0 aliphatic rings. The lowest BCUT2D eigenvalue weighted by molar-refractivity contribution is 0.107. The molecule has 1 aromatic carbocycles. The van der Waals surface area contributed by atoms with Gasteiger partial charge in [-0.2, -0.15) is 0 Å². The van der Waals surface area contributed by atoms with Crippen molar-refractivity contribution in [3.8, 4) is 0 Å². The molecule has 0 aromatic heterocycles. The third kappa shape index (κ3) is 3.15. The fraction of sp³-hybridized carbons (Fsp3) is 0.429. The third-order valence-electron chi connectivity index (χ3n) is 3.53. The molecule has 1 rings (SSSR count). The molecule has 0 aliphatic carbocycles. The van der Waals surface area contributed by atoms with Crippen molar-refractivity contribution in [2.75, 3.05) is 0 Å². The molecule has 0 bridgehead atoms. The van der Waals surface area contributed by atoms with Gasteiger partial charge < -0.3 is 5.11 Å². The van der Waals surface area contributed by atoms with Gasteiger partial charge in [-0.05, 0) is 28.9 Å². The van der Waals surface area contributed by atoms with Crippen molar-refractivity contribution in [1.82, 2.24) is 0 Å². The van der Waals surface area contributed by atoms with Gasteiger partial charge in [0.1, 0.15) is 17.2 Å². The summed E-state index contributed by atoms with van der Waals surface area (Å²) in [5.74, 6) is -1.15. The van der Waals surface area contributed by atoms with Crippen LogP contribution < -0.4 is 5.19 Å². The molecule has 0 spiro atoms. The molecule has 0 saturated carbocycles. The molecule has 1 unspecified atom stereocenters. The Labute approximate surface area is 123 Å². The highest BCUT2D eigenvalue weighted by molar-refractivity contribution is 9.10. The molecule has 0 radical (unpaired) electrons. The van der Waals surface area contributed by atoms with Gasteiger partial charge in [-0.25, -0.2) is 8.78 Å². The number of hydrogen-bond donors (Lipinski definition) is 1. The van der Waals surface area contributed by atoms with Gasteiger partial charge in [0.05, 0.1) is 13.3 Å². The minimum atomic E-state index is -1.69. The van der Waals surface area contributed by atoms with Crippen LogP contribution in [0.2, 0.25) is 12.1 Å². The summed E-state index contributed by atoms with van der Waals surface area (Å²) in [6.07, 6.45) is 1.26. The predicted molar refractivity (Wildman–Crippen MR) is 81.6 cm³/mol. The summed E-state index contributed by atoms with van der Waals surface area (Å²) in [7, 11) is -1.69. The Morgan fingerprint density at radius 3 is 2.32 bits per heavy atom. The van der Waals surface area contributed by atoms with Crippen molar-refractivity contribution >= 4 is 29.9 Å². The van der Waals surface area contributed by atoms with E-state index in [-0.39, 0.29) is 15.2 Å². The average Bonchev–Trinajstić information content (AvgIpc) is 2.38. The molecule has 0 amide bonds. The molecule has 5 heteroatoms. The number of aliphatic hydroxyl groups is 1. The average molecular weight is 349 g/mol. The molecule has 106 valence electrons. The van der Waals surface area contributed by atoms with Crippen LogP contribution in [-0.4, -0.2) is 13.9 Å². The molecule has 1 atom stereocenters. The first-order valence-electron chi connectivity index (χ1n) is 6.33. The second-order valence-electron chi connectivity index (χ2n) is 4.81. The molecule has 0 fully saturated rings. The minimum Gasteiger partial charge on any atom is -0.381 e. The van der Waals surface area contributed by atoms with Crippen molar-refractivity contribution < 1.29 is 13.9 Å². The predicted octanol–water partition coefficient (Wildman–Crippen LogP) is 3.59. The van der Waals surface area contributed by atoms with Gasteiger partial charge in [0.2, 0.25) is 0 Å². The van der Waals surface area contributed by atoms with Crippen LogP contribution in [0.1, 0.15) is 26.3 Å². The number of halogens is 3. The van der Waals surface area contributed by atoms with Crippen molar-refractivity contribution in [1.29, 1.82) is 0 Å². The number of benzene rings is 1. The van der Waals surface area contributed by atoms with Gasteiger partial charge in [-0.3, -0.25) is 0 Å². The lowest BCUT2D eigenvalue weighted by Crippen LogP contribution is -2.37. The summed E-state index contributed by atoms with van der Waals surface area (Å²) < 4.78 is 29.0. The SMILES string of the molecule is C=CC(C)(O)c1cc(Br)c(F)c([SiH](CC)CC)c1F. The van der Waals surface area contributed by atoms with Crippen LogP contribution in [-0.2, 0) is 5.60 Å². The first-order chi connectivity index (χ1) is 8.80. The van der Waals surface area contributed by atoms with E-state index in [0.717, 1.165) is 12.1 Å². The van der Waals surface area contributed by atoms with Crippen molar-refractivity contribution in [3.05, 3.63) is 40.4 Å². The monoisotopic (exact) mass is 348 g/mol. The van der Waals surface area contributed by atoms with Crippen LogP contribution in [0.25, 0.3) is 0 Å². The maximum Gasteiger partial charge on any atom is 0.139 e. The Kier molecular flexibility index (Phi) is 5.47. The fourth-order valence-electron chi connectivity index (χ4n) is 2.16. The molecule has 1 N–H and O–H groups in total. The lowest BCUT2D eigenvalue weighted by Gasteiger charge is -2.24. The van der Waals surface area contributed by atoms with E-state index in [1.807, 2.05) is 13.8 Å². The zero-order valence-electron chi connectivity index (χ0n) is 11.4. The van der Waals surface area contributed by atoms with E-state index in [1.165, 1.54) is 19.1 Å². The van der Waals surface area contributed by atoms with E-state index >= 15 is 0 Å². The van der Waals surface area contributed by atoms with E-state index in [0.29, 0.717) is 0 Å². The van der Waals surface area contributed by atoms with Crippen molar-refractivity contribution in [3.63, 3.8) is 0 Å². The van der Waals surface area contributed by atoms with Gasteiger partial charge in [-0.15, -0.1) is 0 Å². The second kappa shape index (κ2) is 6.28. The normalized spacial score (nSPS) is 14.5. The second-order valence-corrected chi connectivity index (χ2v) is 9.27. The standard InChI is InChI=1S/C14H19BrF2OSi/c1-5-14(4,18)9-8-10(15)12(17)13(11(9)16)19(6-2)7-3/h5,8,18-19H,1,6-7H2,2-4H3. The quantitative estimate of drug-likeness (QED) is 0.489. The van der Waals surface area contributed by atoms with Crippen LogP contribution in [0, 0.1) is 11.6 Å². The van der Waals surface area contributed by atoms with Crippen LogP contribution >= 0.6 is 15.9 Å². The Hall–Kier alpha value is -0.523. The van der Waals surface area contributed by atoms with Crippen molar-refractivity contribution in [2.24, 2.45) is 0 Å². The van der Waals surface area contributed by atoms with Crippen LogP contribution in [0.15, 0.2) is 23.2 Å². The summed E-state index contributed by atoms with van der Waals surface area (Å²) in [5, 5.41) is 10.3. The summed E-state index contributed by atoms with van der Waals surface area (Å²) in [4.78, 5) is 0. The smallest absolute Gasteiger partial charge is 0.139 e. The molecule has 1 nitrogen and oxygen atoms in total. The maximum atomic E-state index is 14.6. The highest BCUT2D eigenvalue weighted by atomic mass is 79.9. The van der Waals surface area contributed by atoms with E-state index in [2.05, 4.69) is 22.5 Å². The largest absolute Gasteiger partial charge is 0.381 e. The summed E-state index contributed by atoms with van der Waals surface area (Å²) in [5.41, 5.74) is -1.43. The molecule has 0 aliphatic heterocycles. The van der Waals surface area contributed by atoms with Gasteiger partial charge in [0, 0.05) is 10.8 Å². The molecule has 0 saturated heterocycles. The molecular weight excluding hydrogens is 330 g/mol. The first kappa shape index (κ1) is 16.5. The maximum absolute atomic E-state index is 14.6.